The van der Waals surface area contributed by atoms with Crippen molar-refractivity contribution in [1.82, 2.24) is 10.3 Å². The van der Waals surface area contributed by atoms with Crippen LogP contribution in [0.3, 0.4) is 0 Å². The van der Waals surface area contributed by atoms with Gasteiger partial charge in [-0.1, -0.05) is 42.1 Å². The maximum absolute atomic E-state index is 12.5. The second kappa shape index (κ2) is 7.07. The molecule has 3 nitrogen and oxygen atoms in total. The Kier molecular flexibility index (Phi) is 5.03. The van der Waals surface area contributed by atoms with Crippen LogP contribution in [0.4, 0.5) is 13.2 Å². The molecule has 1 aromatic heterocycles. The van der Waals surface area contributed by atoms with Gasteiger partial charge in [0.25, 0.3) is 0 Å². The van der Waals surface area contributed by atoms with Gasteiger partial charge >= 0.3 is 6.18 Å². The Morgan fingerprint density at radius 2 is 1.88 bits per heavy atom. The van der Waals surface area contributed by atoms with E-state index in [1.807, 2.05) is 18.2 Å². The molecular weight excluding hydrogens is 349 g/mol. The predicted molar refractivity (Wildman–Crippen MR) is 90.3 cm³/mol. The molecular formula is C18H17F3N2OS. The fourth-order valence-corrected chi connectivity index (χ4v) is 3.27. The van der Waals surface area contributed by atoms with Crippen molar-refractivity contribution in [2.24, 2.45) is 0 Å². The highest BCUT2D eigenvalue weighted by Crippen LogP contribution is 2.47. The Morgan fingerprint density at radius 1 is 1.16 bits per heavy atom. The highest BCUT2D eigenvalue weighted by Gasteiger charge is 2.44. The highest BCUT2D eigenvalue weighted by molar-refractivity contribution is 7.99. The van der Waals surface area contributed by atoms with Crippen LogP contribution in [0.2, 0.25) is 0 Å². The van der Waals surface area contributed by atoms with Gasteiger partial charge in [0, 0.05) is 18.2 Å². The first kappa shape index (κ1) is 17.8. The van der Waals surface area contributed by atoms with Gasteiger partial charge in [-0.3, -0.25) is 4.79 Å². The molecule has 1 heterocycles. The third-order valence-corrected chi connectivity index (χ3v) is 5.22. The molecule has 0 bridgehead atoms. The first-order valence-corrected chi connectivity index (χ1v) is 8.86. The lowest BCUT2D eigenvalue weighted by atomic mass is 9.96. The van der Waals surface area contributed by atoms with Crippen LogP contribution in [0.25, 0.3) is 0 Å². The minimum Gasteiger partial charge on any atom is -0.354 e. The molecule has 25 heavy (non-hydrogen) atoms. The van der Waals surface area contributed by atoms with E-state index < -0.39 is 11.7 Å². The first-order chi connectivity index (χ1) is 11.9. The summed E-state index contributed by atoms with van der Waals surface area (Å²) < 4.78 is 37.4. The molecule has 0 radical (unpaired) electrons. The largest absolute Gasteiger partial charge is 0.417 e. The van der Waals surface area contributed by atoms with Crippen molar-refractivity contribution in [1.29, 1.82) is 0 Å². The lowest BCUT2D eigenvalue weighted by molar-refractivity contribution is -0.137. The van der Waals surface area contributed by atoms with E-state index in [0.717, 1.165) is 36.9 Å². The molecule has 0 unspecified atom stereocenters. The van der Waals surface area contributed by atoms with Gasteiger partial charge in [0.1, 0.15) is 0 Å². The quantitative estimate of drug-likeness (QED) is 0.785. The average Bonchev–Trinajstić information content (AvgIpc) is 3.40. The number of hydrogen-bond donors (Lipinski definition) is 1. The fourth-order valence-electron chi connectivity index (χ4n) is 2.60. The van der Waals surface area contributed by atoms with Crippen LogP contribution in [-0.2, 0) is 16.4 Å². The van der Waals surface area contributed by atoms with E-state index in [4.69, 9.17) is 0 Å². The monoisotopic (exact) mass is 366 g/mol. The molecule has 1 saturated carbocycles. The number of halogens is 3. The molecule has 0 spiro atoms. The summed E-state index contributed by atoms with van der Waals surface area (Å²) in [6.45, 7) is 0.580. The first-order valence-electron chi connectivity index (χ1n) is 7.87. The summed E-state index contributed by atoms with van der Waals surface area (Å²) in [4.78, 5) is 15.8. The van der Waals surface area contributed by atoms with Gasteiger partial charge in [0.05, 0.1) is 16.3 Å². The van der Waals surface area contributed by atoms with Gasteiger partial charge in [-0.25, -0.2) is 4.98 Å². The van der Waals surface area contributed by atoms with Gasteiger partial charge < -0.3 is 5.32 Å². The number of benzene rings is 1. The summed E-state index contributed by atoms with van der Waals surface area (Å²) in [5, 5.41) is 3.32. The Morgan fingerprint density at radius 3 is 2.44 bits per heavy atom. The van der Waals surface area contributed by atoms with Gasteiger partial charge in [-0.05, 0) is 30.5 Å². The van der Waals surface area contributed by atoms with Gasteiger partial charge in [0.2, 0.25) is 5.91 Å². The number of thioether (sulfide) groups is 1. The van der Waals surface area contributed by atoms with E-state index in [1.165, 1.54) is 11.6 Å². The number of carbonyl (C=O) groups excluding carboxylic acids is 1. The fraction of sp³-hybridized carbons (Fsp3) is 0.333. The molecule has 1 aliphatic carbocycles. The zero-order valence-corrected chi connectivity index (χ0v) is 14.2. The van der Waals surface area contributed by atoms with Crippen LogP contribution in [0, 0.1) is 0 Å². The van der Waals surface area contributed by atoms with Crippen molar-refractivity contribution in [3.63, 3.8) is 0 Å². The van der Waals surface area contributed by atoms with E-state index in [1.54, 1.807) is 0 Å². The van der Waals surface area contributed by atoms with Crippen molar-refractivity contribution in [3.05, 3.63) is 59.8 Å². The second-order valence-corrected chi connectivity index (χ2v) is 7.09. The zero-order valence-electron chi connectivity index (χ0n) is 13.3. The van der Waals surface area contributed by atoms with E-state index in [9.17, 15) is 18.0 Å². The van der Waals surface area contributed by atoms with Crippen LogP contribution >= 0.6 is 11.8 Å². The van der Waals surface area contributed by atoms with Crippen LogP contribution in [0.1, 0.15) is 24.0 Å². The smallest absolute Gasteiger partial charge is 0.354 e. The molecule has 1 aromatic carbocycles. The maximum Gasteiger partial charge on any atom is 0.417 e. The summed E-state index contributed by atoms with van der Waals surface area (Å²) in [7, 11) is 0. The number of nitrogens with zero attached hydrogens (tertiary/aromatic N) is 1. The number of nitrogens with one attached hydrogen (secondary N) is 1. The van der Waals surface area contributed by atoms with Crippen molar-refractivity contribution < 1.29 is 18.0 Å². The number of amides is 1. The molecule has 0 atom stereocenters. The van der Waals surface area contributed by atoms with Crippen LogP contribution in [-0.4, -0.2) is 23.2 Å². The van der Waals surface area contributed by atoms with Gasteiger partial charge in [-0.15, -0.1) is 0 Å². The van der Waals surface area contributed by atoms with E-state index in [2.05, 4.69) is 22.4 Å². The number of aromatic nitrogens is 1. The molecule has 1 N–H and O–H groups in total. The molecule has 0 saturated heterocycles. The number of rotatable bonds is 6. The summed E-state index contributed by atoms with van der Waals surface area (Å²) in [6, 6.07) is 12.3. The molecule has 2 aromatic rings. The highest BCUT2D eigenvalue weighted by atomic mass is 32.2. The lowest BCUT2D eigenvalue weighted by Crippen LogP contribution is -2.33. The summed E-state index contributed by atoms with van der Waals surface area (Å²) in [6.07, 6.45) is -1.52. The van der Waals surface area contributed by atoms with E-state index in [-0.39, 0.29) is 17.1 Å². The number of alkyl halides is 3. The third kappa shape index (κ3) is 4.54. The topological polar surface area (TPSA) is 42.0 Å². The van der Waals surface area contributed by atoms with Crippen molar-refractivity contribution in [2.75, 3.05) is 12.3 Å². The van der Waals surface area contributed by atoms with Crippen LogP contribution in [0.15, 0.2) is 53.7 Å². The Bertz CT molecular complexity index is 728. The van der Waals surface area contributed by atoms with Crippen molar-refractivity contribution in [2.45, 2.75) is 29.5 Å². The molecule has 1 amide bonds. The average molecular weight is 366 g/mol. The molecule has 1 fully saturated rings. The van der Waals surface area contributed by atoms with Crippen LogP contribution < -0.4 is 5.32 Å². The van der Waals surface area contributed by atoms with Crippen molar-refractivity contribution >= 4 is 17.7 Å². The summed E-state index contributed by atoms with van der Waals surface area (Å²) >= 11 is 1.12. The lowest BCUT2D eigenvalue weighted by Gasteiger charge is -2.16. The standard InChI is InChI=1S/C18H17F3N2OS/c19-18(20,21)14-6-7-16(22-10-14)25-11-15(24)23-12-17(8-9-17)13-4-2-1-3-5-13/h1-7,10H,8-9,11-12H2,(H,23,24). The van der Waals surface area contributed by atoms with Gasteiger partial charge in [0.15, 0.2) is 0 Å². The molecule has 3 rings (SSSR count). The SMILES string of the molecule is O=C(CSc1ccc(C(F)(F)F)cn1)NCC1(c2ccccc2)CC1. The molecule has 7 heteroatoms. The predicted octanol–water partition coefficient (Wildman–Crippen LogP) is 4.04. The summed E-state index contributed by atoms with van der Waals surface area (Å²) in [5.41, 5.74) is 0.473. The second-order valence-electron chi connectivity index (χ2n) is 6.09. The molecule has 0 aliphatic heterocycles. The molecule has 132 valence electrons. The van der Waals surface area contributed by atoms with Crippen LogP contribution in [0.5, 0.6) is 0 Å². The molecule has 1 aliphatic rings. The Balaban J connectivity index is 1.47. The minimum atomic E-state index is -4.40. The number of hydrogen-bond acceptors (Lipinski definition) is 3. The zero-order chi connectivity index (χ0) is 17.9. The van der Waals surface area contributed by atoms with E-state index in [0.29, 0.717) is 11.6 Å². The Hall–Kier alpha value is -2.02. The third-order valence-electron chi connectivity index (χ3n) is 4.28. The van der Waals surface area contributed by atoms with Gasteiger partial charge in [-0.2, -0.15) is 13.2 Å². The Labute approximate surface area is 148 Å². The minimum absolute atomic E-state index is 0.0359. The maximum atomic E-state index is 12.5. The van der Waals surface area contributed by atoms with E-state index >= 15 is 0 Å². The van der Waals surface area contributed by atoms with Crippen molar-refractivity contribution in [3.8, 4) is 0 Å². The number of pyridine rings is 1. The normalized spacial score (nSPS) is 15.6. The summed E-state index contributed by atoms with van der Waals surface area (Å²) in [5.74, 6) is -0.0163. The number of carbonyl (C=O) groups is 1.